The lowest BCUT2D eigenvalue weighted by Crippen LogP contribution is -1.86. The average Bonchev–Trinajstić information content (AvgIpc) is 1.89. The van der Waals surface area contributed by atoms with E-state index in [0.717, 1.165) is 0 Å². The van der Waals surface area contributed by atoms with E-state index < -0.39 is 12.3 Å². The molecule has 0 nitrogen and oxygen atoms in total. The van der Waals surface area contributed by atoms with Crippen molar-refractivity contribution in [2.75, 3.05) is 6.67 Å². The van der Waals surface area contributed by atoms with Crippen molar-refractivity contribution in [1.82, 2.24) is 0 Å². The van der Waals surface area contributed by atoms with E-state index in [9.17, 15) is 17.6 Å². The van der Waals surface area contributed by atoms with Crippen LogP contribution in [0.1, 0.15) is 0 Å². The molecule has 1 atom stereocenters. The first-order chi connectivity index (χ1) is 4.18. The largest absolute Gasteiger partial charge is 0.247 e. The Morgan fingerprint density at radius 3 is 1.56 bits per heavy atom. The highest BCUT2D eigenvalue weighted by Gasteiger charge is 1.92. The van der Waals surface area contributed by atoms with Gasteiger partial charge >= 0.3 is 0 Å². The second-order valence-corrected chi connectivity index (χ2v) is 1.27. The molecule has 0 bridgehead atoms. The van der Waals surface area contributed by atoms with Gasteiger partial charge in [-0.1, -0.05) is 11.6 Å². The molecule has 0 saturated carbocycles. The summed E-state index contributed by atoms with van der Waals surface area (Å²) >= 11 is 4.42. The lowest BCUT2D eigenvalue weighted by molar-refractivity contribution is 0.342. The Bertz CT molecular complexity index is 59.6. The molecule has 56 valence electrons. The molecule has 0 aliphatic carbocycles. The maximum Gasteiger partial charge on any atom is 0.201 e. The predicted molar refractivity (Wildman–Crippen MR) is 28.1 cm³/mol. The number of hydrogen-bond donors (Lipinski definition) is 0. The molecule has 0 aromatic heterocycles. The van der Waals surface area contributed by atoms with E-state index in [0.29, 0.717) is 0 Å². The van der Waals surface area contributed by atoms with Crippen LogP contribution < -0.4 is 0 Å². The Balaban J connectivity index is 0. The fourth-order valence-corrected chi connectivity index (χ4v) is 0. The summed E-state index contributed by atoms with van der Waals surface area (Å²) < 4.78 is 41.8. The van der Waals surface area contributed by atoms with E-state index >= 15 is 0 Å². The summed E-state index contributed by atoms with van der Waals surface area (Å²) in [6, 6.07) is 0. The first kappa shape index (κ1) is 11.5. The fourth-order valence-electron chi connectivity index (χ4n) is 0. The van der Waals surface area contributed by atoms with Gasteiger partial charge < -0.3 is 0 Å². The molecule has 0 radical (unpaired) electrons. The van der Waals surface area contributed by atoms with Crippen LogP contribution in [-0.4, -0.2) is 12.3 Å². The van der Waals surface area contributed by atoms with Crippen LogP contribution >= 0.6 is 11.6 Å². The molecule has 0 spiro atoms. The van der Waals surface area contributed by atoms with E-state index in [1.54, 1.807) is 0 Å². The molecule has 0 aromatic carbocycles. The van der Waals surface area contributed by atoms with Gasteiger partial charge in [0.25, 0.3) is 0 Å². The predicted octanol–water partition coefficient (Wildman–Crippen LogP) is 2.89. The molecule has 9 heavy (non-hydrogen) atoms. The van der Waals surface area contributed by atoms with Crippen molar-refractivity contribution >= 4 is 11.6 Å². The summed E-state index contributed by atoms with van der Waals surface area (Å²) in [5, 5.41) is 0. The maximum atomic E-state index is 10.8. The van der Waals surface area contributed by atoms with Gasteiger partial charge in [-0.3, -0.25) is 0 Å². The van der Waals surface area contributed by atoms with Crippen molar-refractivity contribution in [2.24, 2.45) is 0 Å². The lowest BCUT2D eigenvalue weighted by atomic mass is 10.9. The van der Waals surface area contributed by atoms with Crippen LogP contribution in [0.5, 0.6) is 0 Å². The highest BCUT2D eigenvalue weighted by Crippen LogP contribution is 1.94. The van der Waals surface area contributed by atoms with Gasteiger partial charge in [-0.05, 0) is 0 Å². The Morgan fingerprint density at radius 1 is 1.33 bits per heavy atom. The lowest BCUT2D eigenvalue weighted by Gasteiger charge is -1.80. The normalized spacial score (nSPS) is 12.6. The smallest absolute Gasteiger partial charge is 0.201 e. The molecule has 0 heterocycles. The van der Waals surface area contributed by atoms with Gasteiger partial charge in [0, 0.05) is 0 Å². The minimum absolute atomic E-state index is 0.167. The summed E-state index contributed by atoms with van der Waals surface area (Å²) in [7, 11) is 0. The second-order valence-electron chi connectivity index (χ2n) is 0.797. The molecule has 0 aliphatic heterocycles. The quantitative estimate of drug-likeness (QED) is 0.413. The van der Waals surface area contributed by atoms with Crippen molar-refractivity contribution in [3.8, 4) is 0 Å². The zero-order valence-electron chi connectivity index (χ0n) is 4.33. The van der Waals surface area contributed by atoms with Crippen LogP contribution in [0.3, 0.4) is 0 Å². The zero-order valence-corrected chi connectivity index (χ0v) is 5.08. The fraction of sp³-hybridized carbons (Fsp3) is 0.500. The van der Waals surface area contributed by atoms with Crippen LogP contribution in [0.25, 0.3) is 0 Å². The molecule has 1 unspecified atom stereocenters. The van der Waals surface area contributed by atoms with Crippen molar-refractivity contribution < 1.29 is 17.6 Å². The van der Waals surface area contributed by atoms with E-state index in [1.165, 1.54) is 0 Å². The Labute approximate surface area is 55.1 Å². The van der Waals surface area contributed by atoms with Gasteiger partial charge in [-0.15, -0.1) is 0 Å². The number of halogens is 5. The molecule has 0 aromatic rings. The highest BCUT2D eigenvalue weighted by molar-refractivity contribution is 6.19. The van der Waals surface area contributed by atoms with Gasteiger partial charge in [0.15, 0.2) is 0 Å². The molecule has 5 heteroatoms. The molecule has 0 N–H and O–H groups in total. The van der Waals surface area contributed by atoms with Crippen molar-refractivity contribution in [3.05, 3.63) is 12.7 Å². The van der Waals surface area contributed by atoms with Crippen LogP contribution in [-0.2, 0) is 0 Å². The SMILES string of the molecule is FC=CF.FCC(F)Cl. The third kappa shape index (κ3) is 33.9. The first-order valence-electron chi connectivity index (χ1n) is 1.88. The number of hydrogen-bond acceptors (Lipinski definition) is 0. The third-order valence-electron chi connectivity index (χ3n) is 0.164. The number of rotatable bonds is 1. The van der Waals surface area contributed by atoms with Crippen molar-refractivity contribution in [3.63, 3.8) is 0 Å². The molecule has 0 aliphatic rings. The Morgan fingerprint density at radius 2 is 1.56 bits per heavy atom. The first-order valence-corrected chi connectivity index (χ1v) is 2.32. The van der Waals surface area contributed by atoms with E-state index in [2.05, 4.69) is 11.6 Å². The summed E-state index contributed by atoms with van der Waals surface area (Å²) in [6.45, 7) is -1.10. The summed E-state index contributed by atoms with van der Waals surface area (Å²) in [4.78, 5) is 0. The van der Waals surface area contributed by atoms with E-state index in [4.69, 9.17) is 0 Å². The van der Waals surface area contributed by atoms with Gasteiger partial charge in [0.2, 0.25) is 5.63 Å². The Kier molecular flexibility index (Phi) is 13.7. The third-order valence-corrected chi connectivity index (χ3v) is 0.281. The van der Waals surface area contributed by atoms with Crippen molar-refractivity contribution in [1.29, 1.82) is 0 Å². The molecular weight excluding hydrogens is 159 g/mol. The van der Waals surface area contributed by atoms with Gasteiger partial charge in [0.1, 0.15) is 19.3 Å². The van der Waals surface area contributed by atoms with Gasteiger partial charge in [0.05, 0.1) is 0 Å². The van der Waals surface area contributed by atoms with Crippen LogP contribution in [0.2, 0.25) is 0 Å². The van der Waals surface area contributed by atoms with Crippen molar-refractivity contribution in [2.45, 2.75) is 5.63 Å². The van der Waals surface area contributed by atoms with Crippen LogP contribution in [0.15, 0.2) is 12.7 Å². The maximum absolute atomic E-state index is 10.8. The zero-order chi connectivity index (χ0) is 7.70. The van der Waals surface area contributed by atoms with E-state index in [1.807, 2.05) is 0 Å². The van der Waals surface area contributed by atoms with Gasteiger partial charge in [-0.25, -0.2) is 17.6 Å². The standard InChI is InChI=1S/C2H3ClF2.C2H2F2/c3-2(5)1-4;3-1-2-4/h2H,1H2;1-2H. The molecule has 0 amide bonds. The Hall–Kier alpha value is -0.250. The monoisotopic (exact) mass is 164 g/mol. The summed E-state index contributed by atoms with van der Waals surface area (Å²) in [5.74, 6) is 0. The van der Waals surface area contributed by atoms with Crippen LogP contribution in [0.4, 0.5) is 17.6 Å². The minimum atomic E-state index is -1.81. The molecule has 0 fully saturated rings. The highest BCUT2D eigenvalue weighted by atomic mass is 35.5. The summed E-state index contributed by atoms with van der Waals surface area (Å²) in [5.41, 5.74) is -1.81. The second kappa shape index (κ2) is 10.7. The van der Waals surface area contributed by atoms with Crippen LogP contribution in [0, 0.1) is 0 Å². The topological polar surface area (TPSA) is 0 Å². The molecular formula is C4H5ClF4. The molecule has 0 saturated heterocycles. The van der Waals surface area contributed by atoms with E-state index in [-0.39, 0.29) is 12.7 Å². The van der Waals surface area contributed by atoms with Gasteiger partial charge in [-0.2, -0.15) is 0 Å². The average molecular weight is 165 g/mol. The molecule has 0 rings (SSSR count). The minimum Gasteiger partial charge on any atom is -0.247 e. The number of alkyl halides is 3. The summed E-state index contributed by atoms with van der Waals surface area (Å²) in [6.07, 6.45) is -0.333.